The second kappa shape index (κ2) is 5.76. The van der Waals surface area contributed by atoms with E-state index in [-0.39, 0.29) is 0 Å². The van der Waals surface area contributed by atoms with Gasteiger partial charge in [-0.05, 0) is 30.3 Å². The maximum atomic E-state index is 5.92. The molecule has 0 aliphatic carbocycles. The monoisotopic (exact) mass is 263 g/mol. The molecule has 0 heterocycles. The highest BCUT2D eigenvalue weighted by Gasteiger charge is 2.08. The van der Waals surface area contributed by atoms with Crippen molar-refractivity contribution in [2.24, 2.45) is 5.73 Å². The second-order valence-electron chi connectivity index (χ2n) is 3.71. The van der Waals surface area contributed by atoms with Gasteiger partial charge in [-0.1, -0.05) is 23.7 Å². The number of rotatable bonds is 4. The SMILES string of the molecule is COc1ccccc1Oc1ccc(Cl)cc1CN. The number of ether oxygens (including phenoxy) is 2. The minimum atomic E-state index is 0.366. The Labute approximate surface area is 111 Å². The van der Waals surface area contributed by atoms with Gasteiger partial charge >= 0.3 is 0 Å². The topological polar surface area (TPSA) is 44.5 Å². The van der Waals surface area contributed by atoms with Gasteiger partial charge in [0.1, 0.15) is 5.75 Å². The number of nitrogens with two attached hydrogens (primary N) is 1. The van der Waals surface area contributed by atoms with Crippen molar-refractivity contribution in [3.8, 4) is 17.2 Å². The van der Waals surface area contributed by atoms with Crippen molar-refractivity contribution >= 4 is 11.6 Å². The molecule has 0 aliphatic heterocycles. The molecule has 0 aliphatic rings. The van der Waals surface area contributed by atoms with Gasteiger partial charge in [0.05, 0.1) is 7.11 Å². The van der Waals surface area contributed by atoms with Crippen molar-refractivity contribution in [2.45, 2.75) is 6.54 Å². The van der Waals surface area contributed by atoms with Gasteiger partial charge in [-0.3, -0.25) is 0 Å². The molecule has 4 heteroatoms. The third-order valence-corrected chi connectivity index (χ3v) is 2.77. The summed E-state index contributed by atoms with van der Waals surface area (Å²) >= 11 is 5.92. The minimum Gasteiger partial charge on any atom is -0.493 e. The highest BCUT2D eigenvalue weighted by molar-refractivity contribution is 6.30. The number of hydrogen-bond donors (Lipinski definition) is 1. The average Bonchev–Trinajstić information content (AvgIpc) is 2.41. The summed E-state index contributed by atoms with van der Waals surface area (Å²) in [6.07, 6.45) is 0. The molecule has 18 heavy (non-hydrogen) atoms. The Morgan fingerprint density at radius 2 is 1.78 bits per heavy atom. The molecule has 3 nitrogen and oxygen atoms in total. The highest BCUT2D eigenvalue weighted by atomic mass is 35.5. The van der Waals surface area contributed by atoms with Crippen LogP contribution in [0.3, 0.4) is 0 Å². The van der Waals surface area contributed by atoms with Gasteiger partial charge in [0.2, 0.25) is 0 Å². The van der Waals surface area contributed by atoms with Crippen LogP contribution in [0.4, 0.5) is 0 Å². The van der Waals surface area contributed by atoms with Gasteiger partial charge in [0.25, 0.3) is 0 Å². The van der Waals surface area contributed by atoms with Gasteiger partial charge in [0.15, 0.2) is 11.5 Å². The first-order chi connectivity index (χ1) is 8.74. The molecule has 2 aromatic carbocycles. The molecule has 0 fully saturated rings. The van der Waals surface area contributed by atoms with Crippen LogP contribution >= 0.6 is 11.6 Å². The fraction of sp³-hybridized carbons (Fsp3) is 0.143. The molecule has 0 unspecified atom stereocenters. The summed E-state index contributed by atoms with van der Waals surface area (Å²) in [6.45, 7) is 0.366. The molecule has 0 aromatic heterocycles. The van der Waals surface area contributed by atoms with Gasteiger partial charge in [-0.2, -0.15) is 0 Å². The van der Waals surface area contributed by atoms with Crippen LogP contribution in [0.25, 0.3) is 0 Å². The van der Waals surface area contributed by atoms with E-state index in [1.165, 1.54) is 0 Å². The third kappa shape index (κ3) is 2.75. The summed E-state index contributed by atoms with van der Waals surface area (Å²) in [4.78, 5) is 0. The lowest BCUT2D eigenvalue weighted by atomic mass is 10.2. The lowest BCUT2D eigenvalue weighted by Crippen LogP contribution is -2.00. The van der Waals surface area contributed by atoms with Crippen molar-refractivity contribution in [2.75, 3.05) is 7.11 Å². The number of hydrogen-bond acceptors (Lipinski definition) is 3. The summed E-state index contributed by atoms with van der Waals surface area (Å²) in [5, 5.41) is 0.642. The first-order valence-electron chi connectivity index (χ1n) is 5.54. The third-order valence-electron chi connectivity index (χ3n) is 2.53. The van der Waals surface area contributed by atoms with E-state index in [0.717, 1.165) is 5.56 Å². The van der Waals surface area contributed by atoms with Gasteiger partial charge in [0, 0.05) is 17.1 Å². The molecule has 0 atom stereocenters. The Morgan fingerprint density at radius 3 is 2.44 bits per heavy atom. The Balaban J connectivity index is 2.33. The minimum absolute atomic E-state index is 0.366. The molecule has 2 N–H and O–H groups in total. The second-order valence-corrected chi connectivity index (χ2v) is 4.15. The fourth-order valence-electron chi connectivity index (χ4n) is 1.63. The van der Waals surface area contributed by atoms with Crippen molar-refractivity contribution < 1.29 is 9.47 Å². The first kappa shape index (κ1) is 12.7. The van der Waals surface area contributed by atoms with Crippen LogP contribution in [-0.4, -0.2) is 7.11 Å². The van der Waals surface area contributed by atoms with E-state index >= 15 is 0 Å². The highest BCUT2D eigenvalue weighted by Crippen LogP contribution is 2.33. The molecular weight excluding hydrogens is 250 g/mol. The number of halogens is 1. The van der Waals surface area contributed by atoms with Crippen molar-refractivity contribution in [1.82, 2.24) is 0 Å². The zero-order valence-corrected chi connectivity index (χ0v) is 10.8. The number of benzene rings is 2. The van der Waals surface area contributed by atoms with Crippen molar-refractivity contribution in [3.05, 3.63) is 53.1 Å². The van der Waals surface area contributed by atoms with Crippen LogP contribution in [0.2, 0.25) is 5.02 Å². The number of para-hydroxylation sites is 2. The lowest BCUT2D eigenvalue weighted by Gasteiger charge is -2.12. The average molecular weight is 264 g/mol. The van der Waals surface area contributed by atoms with Crippen molar-refractivity contribution in [1.29, 1.82) is 0 Å². The maximum Gasteiger partial charge on any atom is 0.169 e. The summed E-state index contributed by atoms with van der Waals surface area (Å²) in [5.74, 6) is 2.01. The van der Waals surface area contributed by atoms with Crippen LogP contribution in [0.15, 0.2) is 42.5 Å². The van der Waals surface area contributed by atoms with E-state index in [2.05, 4.69) is 0 Å². The maximum absolute atomic E-state index is 5.92. The van der Waals surface area contributed by atoms with E-state index in [0.29, 0.717) is 28.8 Å². The predicted octanol–water partition coefficient (Wildman–Crippen LogP) is 3.60. The molecule has 0 saturated carbocycles. The smallest absolute Gasteiger partial charge is 0.169 e. The number of methoxy groups -OCH3 is 1. The summed E-state index contributed by atoms with van der Waals surface area (Å²) in [7, 11) is 1.61. The molecular formula is C14H14ClNO2. The zero-order valence-electron chi connectivity index (χ0n) is 10.0. The molecule has 0 saturated heterocycles. The normalized spacial score (nSPS) is 10.2. The fourth-order valence-corrected chi connectivity index (χ4v) is 1.82. The zero-order chi connectivity index (χ0) is 13.0. The van der Waals surface area contributed by atoms with E-state index in [1.54, 1.807) is 25.3 Å². The van der Waals surface area contributed by atoms with Gasteiger partial charge in [-0.15, -0.1) is 0 Å². The van der Waals surface area contributed by atoms with Gasteiger partial charge in [-0.25, -0.2) is 0 Å². The molecule has 0 amide bonds. The summed E-state index contributed by atoms with van der Waals surface area (Å²) < 4.78 is 11.0. The van der Waals surface area contributed by atoms with Crippen LogP contribution < -0.4 is 15.2 Å². The van der Waals surface area contributed by atoms with Crippen LogP contribution in [0.1, 0.15) is 5.56 Å². The van der Waals surface area contributed by atoms with Crippen LogP contribution in [-0.2, 0) is 6.54 Å². The van der Waals surface area contributed by atoms with Gasteiger partial charge < -0.3 is 15.2 Å². The van der Waals surface area contributed by atoms with Crippen LogP contribution in [0.5, 0.6) is 17.2 Å². The van der Waals surface area contributed by atoms with Crippen LogP contribution in [0, 0.1) is 0 Å². The Bertz CT molecular complexity index is 543. The molecule has 2 aromatic rings. The lowest BCUT2D eigenvalue weighted by molar-refractivity contribution is 0.377. The Morgan fingerprint density at radius 1 is 1.06 bits per heavy atom. The predicted molar refractivity (Wildman–Crippen MR) is 72.4 cm³/mol. The largest absolute Gasteiger partial charge is 0.493 e. The standard InChI is InChI=1S/C14H14ClNO2/c1-17-13-4-2-3-5-14(13)18-12-7-6-11(15)8-10(12)9-16/h2-8H,9,16H2,1H3. The summed E-state index contributed by atoms with van der Waals surface area (Å²) in [6, 6.07) is 12.8. The van der Waals surface area contributed by atoms with Crippen molar-refractivity contribution in [3.63, 3.8) is 0 Å². The molecule has 0 spiro atoms. The van der Waals surface area contributed by atoms with E-state index < -0.39 is 0 Å². The Kier molecular flexibility index (Phi) is 4.07. The summed E-state index contributed by atoms with van der Waals surface area (Å²) in [5.41, 5.74) is 6.53. The van der Waals surface area contributed by atoms with E-state index in [9.17, 15) is 0 Å². The Hall–Kier alpha value is -1.71. The van der Waals surface area contributed by atoms with E-state index in [1.807, 2.05) is 24.3 Å². The quantitative estimate of drug-likeness (QED) is 0.917. The molecule has 2 rings (SSSR count). The molecule has 0 bridgehead atoms. The molecule has 0 radical (unpaired) electrons. The molecule has 94 valence electrons. The first-order valence-corrected chi connectivity index (χ1v) is 5.91. The van der Waals surface area contributed by atoms with E-state index in [4.69, 9.17) is 26.8 Å².